The van der Waals surface area contributed by atoms with Crippen molar-refractivity contribution < 1.29 is 22.7 Å². The number of aryl methyl sites for hydroxylation is 1. The molecule has 2 amide bonds. The van der Waals surface area contributed by atoms with Crippen LogP contribution in [0.3, 0.4) is 0 Å². The molecule has 220 valence electrons. The fourth-order valence-corrected chi connectivity index (χ4v) is 5.75. The maximum Gasteiger partial charge on any atom is 0.243 e. The molecule has 0 unspecified atom stereocenters. The van der Waals surface area contributed by atoms with Gasteiger partial charge in [-0.05, 0) is 62.1 Å². The first-order valence-corrected chi connectivity index (χ1v) is 15.6. The van der Waals surface area contributed by atoms with Crippen LogP contribution in [0.5, 0.6) is 5.75 Å². The number of amides is 2. The van der Waals surface area contributed by atoms with Crippen LogP contribution in [-0.2, 0) is 32.6 Å². The first-order chi connectivity index (χ1) is 19.5. The van der Waals surface area contributed by atoms with Crippen LogP contribution in [0.4, 0.5) is 5.69 Å². The van der Waals surface area contributed by atoms with Crippen LogP contribution in [0.15, 0.2) is 78.9 Å². The number of para-hydroxylation sites is 1. The molecule has 0 aliphatic heterocycles. The molecule has 0 aliphatic carbocycles. The largest absolute Gasteiger partial charge is 0.497 e. The topological polar surface area (TPSA) is 96.0 Å². The molecule has 1 atom stereocenters. The molecule has 0 saturated carbocycles. The maximum atomic E-state index is 13.9. The lowest BCUT2D eigenvalue weighted by atomic mass is 10.0. The van der Waals surface area contributed by atoms with Crippen molar-refractivity contribution in [2.45, 2.75) is 58.7 Å². The van der Waals surface area contributed by atoms with E-state index in [0.717, 1.165) is 16.7 Å². The zero-order valence-corrected chi connectivity index (χ0v) is 25.4. The number of hydrogen-bond acceptors (Lipinski definition) is 5. The van der Waals surface area contributed by atoms with Crippen LogP contribution in [0, 0.1) is 6.92 Å². The Morgan fingerprint density at radius 2 is 1.59 bits per heavy atom. The molecule has 0 aromatic heterocycles. The van der Waals surface area contributed by atoms with Gasteiger partial charge in [0.25, 0.3) is 0 Å². The molecule has 0 saturated heterocycles. The third-order valence-corrected chi connectivity index (χ3v) is 7.91. The SMILES string of the molecule is COc1cccc(CN(C(=O)CCCN(c2ccccc2C)S(C)(=O)=O)[C@H](Cc2ccccc2)C(=O)NC(C)C)c1. The number of sulfonamides is 1. The van der Waals surface area contributed by atoms with E-state index in [1.54, 1.807) is 24.1 Å². The molecule has 3 aromatic rings. The Morgan fingerprint density at radius 1 is 0.927 bits per heavy atom. The van der Waals surface area contributed by atoms with Crippen molar-refractivity contribution in [3.63, 3.8) is 0 Å². The molecule has 3 rings (SSSR count). The summed E-state index contributed by atoms with van der Waals surface area (Å²) in [6.07, 6.45) is 1.87. The molecule has 0 spiro atoms. The average molecular weight is 580 g/mol. The molecule has 0 fully saturated rings. The van der Waals surface area contributed by atoms with Gasteiger partial charge in [0.05, 0.1) is 19.1 Å². The summed E-state index contributed by atoms with van der Waals surface area (Å²) in [5.41, 5.74) is 3.18. The lowest BCUT2D eigenvalue weighted by Crippen LogP contribution is -2.51. The van der Waals surface area contributed by atoms with Gasteiger partial charge in [-0.3, -0.25) is 13.9 Å². The van der Waals surface area contributed by atoms with Crippen LogP contribution in [0.25, 0.3) is 0 Å². The van der Waals surface area contributed by atoms with Crippen molar-refractivity contribution in [1.29, 1.82) is 0 Å². The Labute approximate surface area is 244 Å². The zero-order valence-electron chi connectivity index (χ0n) is 24.5. The van der Waals surface area contributed by atoms with E-state index in [1.807, 2.05) is 87.5 Å². The van der Waals surface area contributed by atoms with E-state index in [-0.39, 0.29) is 37.4 Å². The number of rotatable bonds is 14. The van der Waals surface area contributed by atoms with Crippen LogP contribution in [0.2, 0.25) is 0 Å². The molecule has 1 N–H and O–H groups in total. The number of nitrogens with zero attached hydrogens (tertiary/aromatic N) is 2. The molecule has 8 nitrogen and oxygen atoms in total. The Bertz CT molecular complexity index is 1410. The second kappa shape index (κ2) is 14.7. The summed E-state index contributed by atoms with van der Waals surface area (Å²) in [4.78, 5) is 29.1. The standard InChI is InChI=1S/C32H41N3O5S/c1-24(2)33-32(37)30(22-26-14-7-6-8-15-26)34(23-27-16-11-17-28(21-27)40-4)31(36)19-12-20-35(41(5,38)39)29-18-10-9-13-25(29)3/h6-11,13-18,21,24,30H,12,19-20,22-23H2,1-5H3,(H,33,37)/t30-/m1/s1. The fraction of sp³-hybridized carbons (Fsp3) is 0.375. The van der Waals surface area contributed by atoms with Gasteiger partial charge in [-0.15, -0.1) is 0 Å². The van der Waals surface area contributed by atoms with Crippen molar-refractivity contribution in [3.8, 4) is 5.75 Å². The number of ether oxygens (including phenoxy) is 1. The molecular formula is C32H41N3O5S. The lowest BCUT2D eigenvalue weighted by Gasteiger charge is -2.32. The summed E-state index contributed by atoms with van der Waals surface area (Å²) in [6, 6.07) is 23.4. The molecule has 41 heavy (non-hydrogen) atoms. The van der Waals surface area contributed by atoms with Crippen LogP contribution in [0.1, 0.15) is 43.4 Å². The van der Waals surface area contributed by atoms with E-state index in [2.05, 4.69) is 5.32 Å². The Hall–Kier alpha value is -3.85. The summed E-state index contributed by atoms with van der Waals surface area (Å²) in [5.74, 6) is 0.187. The number of carbonyl (C=O) groups is 2. The van der Waals surface area contributed by atoms with Gasteiger partial charge in [-0.2, -0.15) is 0 Å². The van der Waals surface area contributed by atoms with Gasteiger partial charge in [-0.1, -0.05) is 60.7 Å². The van der Waals surface area contributed by atoms with Crippen LogP contribution >= 0.6 is 0 Å². The van der Waals surface area contributed by atoms with Crippen molar-refractivity contribution in [3.05, 3.63) is 95.6 Å². The monoisotopic (exact) mass is 579 g/mol. The van der Waals surface area contributed by atoms with E-state index in [9.17, 15) is 18.0 Å². The summed E-state index contributed by atoms with van der Waals surface area (Å²) in [5, 5.41) is 2.98. The molecule has 3 aromatic carbocycles. The van der Waals surface area contributed by atoms with Gasteiger partial charge in [0.2, 0.25) is 21.8 Å². The van der Waals surface area contributed by atoms with Crippen molar-refractivity contribution in [1.82, 2.24) is 10.2 Å². The number of hydrogen-bond donors (Lipinski definition) is 1. The van der Waals surface area contributed by atoms with Crippen molar-refractivity contribution in [2.75, 3.05) is 24.2 Å². The van der Waals surface area contributed by atoms with Crippen LogP contribution in [-0.4, -0.2) is 57.1 Å². The van der Waals surface area contributed by atoms with E-state index in [0.29, 0.717) is 24.3 Å². The second-order valence-electron chi connectivity index (χ2n) is 10.5. The first-order valence-electron chi connectivity index (χ1n) is 13.8. The number of anilines is 1. The van der Waals surface area contributed by atoms with Gasteiger partial charge >= 0.3 is 0 Å². The number of methoxy groups -OCH3 is 1. The van der Waals surface area contributed by atoms with Crippen molar-refractivity contribution in [2.24, 2.45) is 0 Å². The summed E-state index contributed by atoms with van der Waals surface area (Å²) >= 11 is 0. The van der Waals surface area contributed by atoms with E-state index < -0.39 is 16.1 Å². The third kappa shape index (κ3) is 9.35. The Balaban J connectivity index is 1.90. The number of benzene rings is 3. The van der Waals surface area contributed by atoms with Gasteiger partial charge in [0, 0.05) is 32.0 Å². The molecule has 0 radical (unpaired) electrons. The van der Waals surface area contributed by atoms with E-state index in [1.165, 1.54) is 10.6 Å². The second-order valence-corrected chi connectivity index (χ2v) is 12.4. The minimum absolute atomic E-state index is 0.0715. The third-order valence-electron chi connectivity index (χ3n) is 6.73. The molecular weight excluding hydrogens is 538 g/mol. The predicted molar refractivity (Wildman–Crippen MR) is 163 cm³/mol. The average Bonchev–Trinajstić information content (AvgIpc) is 2.93. The van der Waals surface area contributed by atoms with Crippen molar-refractivity contribution >= 4 is 27.5 Å². The normalized spacial score (nSPS) is 12.0. The smallest absolute Gasteiger partial charge is 0.243 e. The zero-order chi connectivity index (χ0) is 30.0. The molecule has 0 heterocycles. The highest BCUT2D eigenvalue weighted by atomic mass is 32.2. The lowest BCUT2D eigenvalue weighted by molar-refractivity contribution is -0.141. The maximum absolute atomic E-state index is 13.9. The molecule has 9 heteroatoms. The minimum atomic E-state index is -3.57. The summed E-state index contributed by atoms with van der Waals surface area (Å²) in [6.45, 7) is 5.97. The highest BCUT2D eigenvalue weighted by Crippen LogP contribution is 2.24. The van der Waals surface area contributed by atoms with Gasteiger partial charge in [-0.25, -0.2) is 8.42 Å². The predicted octanol–water partition coefficient (Wildman–Crippen LogP) is 4.71. The highest BCUT2D eigenvalue weighted by molar-refractivity contribution is 7.92. The van der Waals surface area contributed by atoms with Crippen LogP contribution < -0.4 is 14.4 Å². The van der Waals surface area contributed by atoms with E-state index in [4.69, 9.17) is 4.74 Å². The summed E-state index contributed by atoms with van der Waals surface area (Å²) < 4.78 is 32.1. The number of carbonyl (C=O) groups excluding carboxylic acids is 2. The van der Waals surface area contributed by atoms with Gasteiger partial charge in [0.1, 0.15) is 11.8 Å². The first kappa shape index (κ1) is 31.7. The molecule has 0 aliphatic rings. The quantitative estimate of drug-likeness (QED) is 0.298. The Morgan fingerprint density at radius 3 is 2.22 bits per heavy atom. The number of nitrogens with one attached hydrogen (secondary N) is 1. The van der Waals surface area contributed by atoms with E-state index >= 15 is 0 Å². The Kier molecular flexibility index (Phi) is 11.3. The fourth-order valence-electron chi connectivity index (χ4n) is 4.73. The highest BCUT2D eigenvalue weighted by Gasteiger charge is 2.31. The molecule has 0 bridgehead atoms. The minimum Gasteiger partial charge on any atom is -0.497 e. The van der Waals surface area contributed by atoms with Gasteiger partial charge < -0.3 is 15.0 Å². The van der Waals surface area contributed by atoms with Gasteiger partial charge in [0.15, 0.2) is 0 Å². The summed E-state index contributed by atoms with van der Waals surface area (Å²) in [7, 11) is -1.99.